The van der Waals surface area contributed by atoms with Crippen molar-refractivity contribution in [2.24, 2.45) is 0 Å². The van der Waals surface area contributed by atoms with Crippen molar-refractivity contribution in [2.75, 3.05) is 6.54 Å². The molecule has 1 aromatic carbocycles. The second-order valence-corrected chi connectivity index (χ2v) is 3.61. The molecule has 80 valence electrons. The van der Waals surface area contributed by atoms with Crippen molar-refractivity contribution in [1.82, 2.24) is 5.32 Å². The van der Waals surface area contributed by atoms with E-state index in [1.54, 1.807) is 0 Å². The average molecular weight is 211 g/mol. The number of benzene rings is 1. The number of Topliss-reactive ketones (excluding diaryl/α,β-unsaturated/α-hetero) is 1. The number of halogens is 2. The third kappa shape index (κ3) is 1.90. The van der Waals surface area contributed by atoms with Crippen LogP contribution in [0, 0.1) is 11.6 Å². The van der Waals surface area contributed by atoms with Crippen LogP contribution in [0.4, 0.5) is 8.78 Å². The number of hydrogen-bond donors (Lipinski definition) is 1. The van der Waals surface area contributed by atoms with Gasteiger partial charge in [0.25, 0.3) is 0 Å². The van der Waals surface area contributed by atoms with E-state index in [4.69, 9.17) is 0 Å². The second kappa shape index (κ2) is 4.06. The van der Waals surface area contributed by atoms with E-state index in [-0.39, 0.29) is 0 Å². The van der Waals surface area contributed by atoms with Crippen molar-refractivity contribution in [3.63, 3.8) is 0 Å². The highest BCUT2D eigenvalue weighted by atomic mass is 19.1. The van der Waals surface area contributed by atoms with Crippen molar-refractivity contribution in [2.45, 2.75) is 18.9 Å². The fraction of sp³-hybridized carbons (Fsp3) is 0.364. The molecule has 2 rings (SSSR count). The molecule has 4 heteroatoms. The zero-order valence-corrected chi connectivity index (χ0v) is 8.09. The first-order valence-electron chi connectivity index (χ1n) is 4.92. The first-order valence-corrected chi connectivity index (χ1v) is 4.92. The van der Waals surface area contributed by atoms with Gasteiger partial charge >= 0.3 is 0 Å². The Labute approximate surface area is 86.3 Å². The molecule has 1 unspecified atom stereocenters. The van der Waals surface area contributed by atoms with Crippen molar-refractivity contribution >= 4 is 5.78 Å². The lowest BCUT2D eigenvalue weighted by atomic mass is 10.0. The van der Waals surface area contributed by atoms with Gasteiger partial charge in [-0.3, -0.25) is 4.79 Å². The Morgan fingerprint density at radius 1 is 1.33 bits per heavy atom. The van der Waals surface area contributed by atoms with E-state index >= 15 is 0 Å². The van der Waals surface area contributed by atoms with E-state index < -0.39 is 29.0 Å². The number of hydrogen-bond acceptors (Lipinski definition) is 2. The molecule has 1 heterocycles. The van der Waals surface area contributed by atoms with Crippen LogP contribution in [0.25, 0.3) is 0 Å². The SMILES string of the molecule is O=C(c1c(F)cccc1F)C1CCCN1. The van der Waals surface area contributed by atoms with Gasteiger partial charge in [0.15, 0.2) is 5.78 Å². The lowest BCUT2D eigenvalue weighted by Gasteiger charge is -2.10. The summed E-state index contributed by atoms with van der Waals surface area (Å²) >= 11 is 0. The third-order valence-electron chi connectivity index (χ3n) is 2.59. The average Bonchev–Trinajstić information content (AvgIpc) is 2.69. The summed E-state index contributed by atoms with van der Waals surface area (Å²) in [6.07, 6.45) is 1.51. The van der Waals surface area contributed by atoms with Crippen molar-refractivity contribution in [1.29, 1.82) is 0 Å². The van der Waals surface area contributed by atoms with Gasteiger partial charge in [-0.05, 0) is 31.5 Å². The van der Waals surface area contributed by atoms with Gasteiger partial charge in [0.2, 0.25) is 0 Å². The Hall–Kier alpha value is -1.29. The minimum absolute atomic E-state index is 0.420. The molecule has 0 saturated carbocycles. The smallest absolute Gasteiger partial charge is 0.185 e. The fourth-order valence-electron chi connectivity index (χ4n) is 1.82. The van der Waals surface area contributed by atoms with E-state index in [0.29, 0.717) is 6.42 Å². The van der Waals surface area contributed by atoms with Crippen LogP contribution in [-0.4, -0.2) is 18.4 Å². The summed E-state index contributed by atoms with van der Waals surface area (Å²) in [6, 6.07) is 3.02. The summed E-state index contributed by atoms with van der Waals surface area (Å²) in [5.74, 6) is -2.05. The Kier molecular flexibility index (Phi) is 2.77. The van der Waals surface area contributed by atoms with Gasteiger partial charge in [-0.1, -0.05) is 6.07 Å². The van der Waals surface area contributed by atoms with Gasteiger partial charge in [0, 0.05) is 0 Å². The molecule has 1 saturated heterocycles. The van der Waals surface area contributed by atoms with Crippen molar-refractivity contribution in [3.8, 4) is 0 Å². The highest BCUT2D eigenvalue weighted by Crippen LogP contribution is 2.17. The Balaban J connectivity index is 2.32. The van der Waals surface area contributed by atoms with Crippen LogP contribution < -0.4 is 5.32 Å². The highest BCUT2D eigenvalue weighted by Gasteiger charge is 2.27. The molecule has 15 heavy (non-hydrogen) atoms. The van der Waals surface area contributed by atoms with E-state index in [1.165, 1.54) is 6.07 Å². The summed E-state index contributed by atoms with van der Waals surface area (Å²) in [5, 5.41) is 2.93. The summed E-state index contributed by atoms with van der Waals surface area (Å²) < 4.78 is 26.5. The first kappa shape index (κ1) is 10.2. The first-order chi connectivity index (χ1) is 7.20. The van der Waals surface area contributed by atoms with E-state index in [2.05, 4.69) is 5.32 Å². The molecule has 0 amide bonds. The van der Waals surface area contributed by atoms with Crippen LogP contribution >= 0.6 is 0 Å². The molecule has 0 aliphatic carbocycles. The highest BCUT2D eigenvalue weighted by molar-refractivity contribution is 6.00. The quantitative estimate of drug-likeness (QED) is 0.757. The van der Waals surface area contributed by atoms with Gasteiger partial charge in [-0.25, -0.2) is 8.78 Å². The predicted octanol–water partition coefficient (Wildman–Crippen LogP) is 1.90. The molecule has 1 aliphatic rings. The molecule has 1 N–H and O–H groups in total. The number of carbonyl (C=O) groups is 1. The van der Waals surface area contributed by atoms with Crippen molar-refractivity contribution < 1.29 is 13.6 Å². The van der Waals surface area contributed by atoms with Crippen LogP contribution in [0.5, 0.6) is 0 Å². The summed E-state index contributed by atoms with van der Waals surface area (Å²) in [5.41, 5.74) is -0.420. The topological polar surface area (TPSA) is 29.1 Å². The van der Waals surface area contributed by atoms with Crippen LogP contribution in [0.1, 0.15) is 23.2 Å². The zero-order chi connectivity index (χ0) is 10.8. The lowest BCUT2D eigenvalue weighted by molar-refractivity contribution is 0.0944. The van der Waals surface area contributed by atoms with Crippen molar-refractivity contribution in [3.05, 3.63) is 35.4 Å². The standard InChI is InChI=1S/C11H11F2NO/c12-7-3-1-4-8(13)10(7)11(15)9-5-2-6-14-9/h1,3-4,9,14H,2,5-6H2. The Bertz CT molecular complexity index is 366. The maximum Gasteiger partial charge on any atom is 0.185 e. The largest absolute Gasteiger partial charge is 0.307 e. The second-order valence-electron chi connectivity index (χ2n) is 3.61. The van der Waals surface area contributed by atoms with E-state index in [0.717, 1.165) is 25.1 Å². The molecule has 0 aromatic heterocycles. The van der Waals surface area contributed by atoms with Gasteiger partial charge in [-0.2, -0.15) is 0 Å². The van der Waals surface area contributed by atoms with Crippen LogP contribution in [0.3, 0.4) is 0 Å². The van der Waals surface area contributed by atoms with Crippen LogP contribution in [0.2, 0.25) is 0 Å². The number of nitrogens with one attached hydrogen (secondary N) is 1. The molecule has 1 atom stereocenters. The molecule has 2 nitrogen and oxygen atoms in total. The molecule has 0 radical (unpaired) electrons. The van der Waals surface area contributed by atoms with Crippen LogP contribution in [-0.2, 0) is 0 Å². The lowest BCUT2D eigenvalue weighted by Crippen LogP contribution is -2.32. The molecule has 1 aliphatic heterocycles. The monoisotopic (exact) mass is 211 g/mol. The summed E-state index contributed by atoms with van der Waals surface area (Å²) in [6.45, 7) is 0.729. The van der Waals surface area contributed by atoms with Gasteiger partial charge in [-0.15, -0.1) is 0 Å². The molecule has 1 fully saturated rings. The molecule has 1 aromatic rings. The fourth-order valence-corrected chi connectivity index (χ4v) is 1.82. The molecule has 0 bridgehead atoms. The molecular formula is C11H11F2NO. The predicted molar refractivity (Wildman–Crippen MR) is 51.7 cm³/mol. The van der Waals surface area contributed by atoms with Gasteiger partial charge < -0.3 is 5.32 Å². The number of ketones is 1. The maximum absolute atomic E-state index is 13.3. The minimum Gasteiger partial charge on any atom is -0.307 e. The maximum atomic E-state index is 13.3. The third-order valence-corrected chi connectivity index (χ3v) is 2.59. The number of carbonyl (C=O) groups excluding carboxylic acids is 1. The molecule has 0 spiro atoms. The minimum atomic E-state index is -0.784. The van der Waals surface area contributed by atoms with Gasteiger partial charge in [0.05, 0.1) is 11.6 Å². The summed E-state index contributed by atoms with van der Waals surface area (Å²) in [7, 11) is 0. The Morgan fingerprint density at radius 2 is 2.00 bits per heavy atom. The van der Waals surface area contributed by atoms with Gasteiger partial charge in [0.1, 0.15) is 11.6 Å². The Morgan fingerprint density at radius 3 is 2.53 bits per heavy atom. The van der Waals surface area contributed by atoms with E-state index in [9.17, 15) is 13.6 Å². The normalized spacial score (nSPS) is 20.5. The molecular weight excluding hydrogens is 200 g/mol. The zero-order valence-electron chi connectivity index (χ0n) is 8.09. The van der Waals surface area contributed by atoms with E-state index in [1.807, 2.05) is 0 Å². The van der Waals surface area contributed by atoms with Crippen LogP contribution in [0.15, 0.2) is 18.2 Å². The summed E-state index contributed by atoms with van der Waals surface area (Å²) in [4.78, 5) is 11.7. The number of rotatable bonds is 2.